The van der Waals surface area contributed by atoms with Gasteiger partial charge in [-0.05, 0) is 17.9 Å². The van der Waals surface area contributed by atoms with Gasteiger partial charge in [0.2, 0.25) is 5.91 Å². The third-order valence-electron chi connectivity index (χ3n) is 2.73. The van der Waals surface area contributed by atoms with Gasteiger partial charge in [0, 0.05) is 6.42 Å². The predicted octanol–water partition coefficient (Wildman–Crippen LogP) is 1.84. The second-order valence-corrected chi connectivity index (χ2v) is 4.61. The van der Waals surface area contributed by atoms with Crippen molar-refractivity contribution in [1.29, 1.82) is 0 Å². The van der Waals surface area contributed by atoms with Gasteiger partial charge in [0.15, 0.2) is 0 Å². The number of rotatable bonds is 6. The Morgan fingerprint density at radius 1 is 1.22 bits per heavy atom. The van der Waals surface area contributed by atoms with E-state index in [1.54, 1.807) is 13.8 Å². The molecule has 0 fully saturated rings. The second-order valence-electron chi connectivity index (χ2n) is 4.61. The molecule has 0 heterocycles. The molecule has 0 spiro atoms. The summed E-state index contributed by atoms with van der Waals surface area (Å²) in [6, 6.07) is 8.84. The summed E-state index contributed by atoms with van der Waals surface area (Å²) in [7, 11) is 0. The van der Waals surface area contributed by atoms with Crippen LogP contribution in [0.15, 0.2) is 30.3 Å². The number of hydrogen-bond acceptors (Lipinski definition) is 2. The number of carboxylic acids is 1. The van der Waals surface area contributed by atoms with Gasteiger partial charge < -0.3 is 10.4 Å². The van der Waals surface area contributed by atoms with Gasteiger partial charge >= 0.3 is 5.97 Å². The molecule has 0 aliphatic heterocycles. The summed E-state index contributed by atoms with van der Waals surface area (Å²) < 4.78 is 0. The summed E-state index contributed by atoms with van der Waals surface area (Å²) in [5.41, 5.74) is 1.07. The zero-order chi connectivity index (χ0) is 13.5. The van der Waals surface area contributed by atoms with Gasteiger partial charge in [-0.2, -0.15) is 0 Å². The minimum Gasteiger partial charge on any atom is -0.480 e. The van der Waals surface area contributed by atoms with Crippen molar-refractivity contribution in [2.45, 2.75) is 32.7 Å². The van der Waals surface area contributed by atoms with Crippen molar-refractivity contribution in [3.8, 4) is 0 Å². The van der Waals surface area contributed by atoms with Gasteiger partial charge in [-0.15, -0.1) is 0 Å². The van der Waals surface area contributed by atoms with E-state index in [-0.39, 0.29) is 11.8 Å². The fraction of sp³-hybridized carbons (Fsp3) is 0.429. The quantitative estimate of drug-likeness (QED) is 0.808. The maximum atomic E-state index is 11.7. The van der Waals surface area contributed by atoms with E-state index in [0.29, 0.717) is 12.8 Å². The minimum atomic E-state index is -0.988. The normalized spacial score (nSPS) is 12.2. The number of hydrogen-bond donors (Lipinski definition) is 2. The molecule has 1 rings (SSSR count). The monoisotopic (exact) mass is 249 g/mol. The van der Waals surface area contributed by atoms with Crippen molar-refractivity contribution >= 4 is 11.9 Å². The molecule has 4 heteroatoms. The van der Waals surface area contributed by atoms with Crippen LogP contribution < -0.4 is 5.32 Å². The summed E-state index contributed by atoms with van der Waals surface area (Å²) in [6.07, 6.45) is 0.928. The van der Waals surface area contributed by atoms with Crippen molar-refractivity contribution in [2.24, 2.45) is 5.92 Å². The first-order valence-electron chi connectivity index (χ1n) is 6.07. The number of carbonyl (C=O) groups excluding carboxylic acids is 1. The summed E-state index contributed by atoms with van der Waals surface area (Å²) in [4.78, 5) is 22.6. The Kier molecular flexibility index (Phi) is 5.36. The highest BCUT2D eigenvalue weighted by molar-refractivity contribution is 5.83. The number of carboxylic acid groups (broad SMARTS) is 1. The summed E-state index contributed by atoms with van der Waals surface area (Å²) in [5, 5.41) is 11.5. The Morgan fingerprint density at radius 3 is 2.33 bits per heavy atom. The molecule has 2 N–H and O–H groups in total. The third-order valence-corrected chi connectivity index (χ3v) is 2.73. The van der Waals surface area contributed by atoms with Crippen LogP contribution in [0.25, 0.3) is 0 Å². The van der Waals surface area contributed by atoms with Crippen LogP contribution in [-0.4, -0.2) is 23.0 Å². The highest BCUT2D eigenvalue weighted by atomic mass is 16.4. The van der Waals surface area contributed by atoms with Crippen LogP contribution in [0.1, 0.15) is 25.8 Å². The van der Waals surface area contributed by atoms with Crippen molar-refractivity contribution in [3.63, 3.8) is 0 Å². The van der Waals surface area contributed by atoms with Crippen LogP contribution >= 0.6 is 0 Å². The molecule has 0 aromatic heterocycles. The molecule has 1 aromatic carbocycles. The summed E-state index contributed by atoms with van der Waals surface area (Å²) >= 11 is 0. The van der Waals surface area contributed by atoms with Crippen molar-refractivity contribution in [1.82, 2.24) is 5.32 Å². The first kappa shape index (κ1) is 14.2. The van der Waals surface area contributed by atoms with Gasteiger partial charge in [0.05, 0.1) is 0 Å². The van der Waals surface area contributed by atoms with Gasteiger partial charge in [-0.1, -0.05) is 44.2 Å². The van der Waals surface area contributed by atoms with Crippen molar-refractivity contribution < 1.29 is 14.7 Å². The SMILES string of the molecule is CC(C)C(NC(=O)CCc1ccccc1)C(=O)O. The lowest BCUT2D eigenvalue weighted by molar-refractivity contribution is -0.143. The zero-order valence-corrected chi connectivity index (χ0v) is 10.7. The molecule has 1 amide bonds. The molecule has 98 valence electrons. The molecule has 1 unspecified atom stereocenters. The maximum absolute atomic E-state index is 11.7. The predicted molar refractivity (Wildman–Crippen MR) is 69.2 cm³/mol. The van der Waals surface area contributed by atoms with E-state index in [0.717, 1.165) is 5.56 Å². The molecule has 1 atom stereocenters. The molecule has 4 nitrogen and oxygen atoms in total. The van der Waals surface area contributed by atoms with Crippen molar-refractivity contribution in [3.05, 3.63) is 35.9 Å². The smallest absolute Gasteiger partial charge is 0.326 e. The maximum Gasteiger partial charge on any atom is 0.326 e. The molecule has 0 saturated carbocycles. The van der Waals surface area contributed by atoms with Crippen LogP contribution in [0, 0.1) is 5.92 Å². The zero-order valence-electron chi connectivity index (χ0n) is 10.7. The molecule has 0 radical (unpaired) electrons. The Morgan fingerprint density at radius 2 is 1.83 bits per heavy atom. The minimum absolute atomic E-state index is 0.122. The Labute approximate surface area is 107 Å². The Hall–Kier alpha value is -1.84. The first-order chi connectivity index (χ1) is 8.50. The van der Waals surface area contributed by atoms with Crippen LogP contribution in [0.2, 0.25) is 0 Å². The number of benzene rings is 1. The fourth-order valence-corrected chi connectivity index (χ4v) is 1.66. The molecule has 0 saturated heterocycles. The standard InChI is InChI=1S/C14H19NO3/c1-10(2)13(14(17)18)15-12(16)9-8-11-6-4-3-5-7-11/h3-7,10,13H,8-9H2,1-2H3,(H,15,16)(H,17,18). The van der Waals surface area contributed by atoms with E-state index in [1.807, 2.05) is 30.3 Å². The lowest BCUT2D eigenvalue weighted by Gasteiger charge is -2.17. The molecule has 18 heavy (non-hydrogen) atoms. The number of aryl methyl sites for hydroxylation is 1. The van der Waals surface area contributed by atoms with Gasteiger partial charge in [0.1, 0.15) is 6.04 Å². The third kappa shape index (κ3) is 4.57. The van der Waals surface area contributed by atoms with Gasteiger partial charge in [-0.3, -0.25) is 4.79 Å². The average Bonchev–Trinajstić information content (AvgIpc) is 2.34. The highest BCUT2D eigenvalue weighted by Gasteiger charge is 2.22. The molecule has 0 bridgehead atoms. The van der Waals surface area contributed by atoms with Crippen LogP contribution in [0.3, 0.4) is 0 Å². The molecule has 0 aliphatic rings. The summed E-state index contributed by atoms with van der Waals surface area (Å²) in [5.74, 6) is -1.33. The highest BCUT2D eigenvalue weighted by Crippen LogP contribution is 2.05. The van der Waals surface area contributed by atoms with E-state index in [2.05, 4.69) is 5.32 Å². The molecule has 0 aliphatic carbocycles. The Bertz CT molecular complexity index is 401. The van der Waals surface area contributed by atoms with E-state index >= 15 is 0 Å². The lowest BCUT2D eigenvalue weighted by Crippen LogP contribution is -2.44. The second kappa shape index (κ2) is 6.79. The molecular formula is C14H19NO3. The van der Waals surface area contributed by atoms with Crippen LogP contribution in [0.4, 0.5) is 0 Å². The lowest BCUT2D eigenvalue weighted by atomic mass is 10.0. The number of nitrogens with one attached hydrogen (secondary N) is 1. The first-order valence-corrected chi connectivity index (χ1v) is 6.07. The van der Waals surface area contributed by atoms with E-state index in [4.69, 9.17) is 5.11 Å². The number of carbonyl (C=O) groups is 2. The molecule has 1 aromatic rings. The van der Waals surface area contributed by atoms with Crippen LogP contribution in [0.5, 0.6) is 0 Å². The van der Waals surface area contributed by atoms with E-state index in [1.165, 1.54) is 0 Å². The van der Waals surface area contributed by atoms with Gasteiger partial charge in [-0.25, -0.2) is 4.79 Å². The van der Waals surface area contributed by atoms with E-state index < -0.39 is 12.0 Å². The van der Waals surface area contributed by atoms with Crippen molar-refractivity contribution in [2.75, 3.05) is 0 Å². The van der Waals surface area contributed by atoms with Crippen LogP contribution in [-0.2, 0) is 16.0 Å². The Balaban J connectivity index is 2.44. The topological polar surface area (TPSA) is 66.4 Å². The fourth-order valence-electron chi connectivity index (χ4n) is 1.66. The largest absolute Gasteiger partial charge is 0.480 e. The summed E-state index contributed by atoms with van der Waals surface area (Å²) in [6.45, 7) is 3.55. The van der Waals surface area contributed by atoms with E-state index in [9.17, 15) is 9.59 Å². The van der Waals surface area contributed by atoms with Gasteiger partial charge in [0.25, 0.3) is 0 Å². The molecular weight excluding hydrogens is 230 g/mol. The average molecular weight is 249 g/mol. The number of aliphatic carboxylic acids is 1. The number of amides is 1.